The quantitative estimate of drug-likeness (QED) is 0.850. The van der Waals surface area contributed by atoms with Crippen LogP contribution in [0.4, 0.5) is 11.4 Å². The molecule has 0 atom stereocenters. The number of nitrogens with two attached hydrogens (primary N) is 1. The fourth-order valence-electron chi connectivity index (χ4n) is 3.79. The smallest absolute Gasteiger partial charge is 0.245 e. The molecule has 1 amide bonds. The molecule has 0 aromatic heterocycles. The molecule has 4 rings (SSSR count). The van der Waals surface area contributed by atoms with E-state index in [1.807, 2.05) is 0 Å². The van der Waals surface area contributed by atoms with E-state index in [0.29, 0.717) is 37.3 Å². The van der Waals surface area contributed by atoms with Crippen LogP contribution >= 0.6 is 0 Å². The van der Waals surface area contributed by atoms with E-state index in [9.17, 15) is 13.2 Å². The second-order valence-corrected chi connectivity index (χ2v) is 9.38. The van der Waals surface area contributed by atoms with Crippen molar-refractivity contribution in [3.8, 4) is 0 Å². The molecule has 2 heterocycles. The Morgan fingerprint density at radius 2 is 1.81 bits per heavy atom. The molecular weight excluding hydrogens is 374 g/mol. The first-order chi connectivity index (χ1) is 12.4. The van der Waals surface area contributed by atoms with E-state index in [-0.39, 0.29) is 23.9 Å². The van der Waals surface area contributed by atoms with Crippen molar-refractivity contribution >= 4 is 38.7 Å². The Hall–Kier alpha value is -1.62. The van der Waals surface area contributed by atoms with Crippen LogP contribution in [0.2, 0.25) is 0 Å². The lowest BCUT2D eigenvalue weighted by atomic mass is 9.97. The van der Waals surface area contributed by atoms with E-state index in [0.717, 1.165) is 24.2 Å². The summed E-state index contributed by atoms with van der Waals surface area (Å²) in [6, 6.07) is 4.98. The summed E-state index contributed by atoms with van der Waals surface area (Å²) in [5.41, 5.74) is 6.48. The summed E-state index contributed by atoms with van der Waals surface area (Å²) in [5, 5.41) is 0. The zero-order chi connectivity index (χ0) is 18.4. The van der Waals surface area contributed by atoms with Gasteiger partial charge in [-0.05, 0) is 25.0 Å². The standard InChI is InChI=1S/C16H21N5O3S2/c17-16(6-1-2-7-16)15(22)20-8-10-21(11-9-20)26(23,24)13-5-3-4-12-14(13)19-25-18-12/h3-5H,1-2,6-11,17H2. The third-order valence-electron chi connectivity index (χ3n) is 5.31. The number of hydrogen-bond donors (Lipinski definition) is 1. The number of carbonyl (C=O) groups is 1. The van der Waals surface area contributed by atoms with Gasteiger partial charge in [-0.3, -0.25) is 4.79 Å². The van der Waals surface area contributed by atoms with Crippen LogP contribution in [0.5, 0.6) is 0 Å². The van der Waals surface area contributed by atoms with Gasteiger partial charge in [-0.25, -0.2) is 8.42 Å². The van der Waals surface area contributed by atoms with Crippen molar-refractivity contribution in [1.82, 2.24) is 9.21 Å². The molecule has 1 saturated carbocycles. The maximum Gasteiger partial charge on any atom is 0.245 e. The van der Waals surface area contributed by atoms with Gasteiger partial charge in [-0.15, -0.1) is 0 Å². The fourth-order valence-corrected chi connectivity index (χ4v) is 5.97. The summed E-state index contributed by atoms with van der Waals surface area (Å²) in [6.45, 7) is 1.25. The monoisotopic (exact) mass is 395 g/mol. The number of rotatable bonds is 3. The van der Waals surface area contributed by atoms with Crippen LogP contribution in [-0.4, -0.2) is 55.2 Å². The number of sulfonamides is 1. The molecule has 2 N–H and O–H groups in total. The Morgan fingerprint density at radius 1 is 1.12 bits per heavy atom. The van der Waals surface area contributed by atoms with E-state index >= 15 is 0 Å². The molecule has 0 bridgehead atoms. The molecule has 0 radical (unpaired) electrons. The Kier molecular flexibility index (Phi) is 4.46. The van der Waals surface area contributed by atoms with Crippen molar-refractivity contribution in [2.24, 2.45) is 14.5 Å². The van der Waals surface area contributed by atoms with Crippen molar-refractivity contribution < 1.29 is 13.2 Å². The second kappa shape index (κ2) is 6.52. The third-order valence-corrected chi connectivity index (χ3v) is 7.79. The normalized spacial score (nSPS) is 22.3. The lowest BCUT2D eigenvalue weighted by Crippen LogP contribution is -2.59. The van der Waals surface area contributed by atoms with Crippen molar-refractivity contribution in [3.63, 3.8) is 0 Å². The number of fused-ring (bicyclic) bond motifs is 1. The molecule has 2 fully saturated rings. The topological polar surface area (TPSA) is 108 Å². The zero-order valence-electron chi connectivity index (χ0n) is 14.3. The van der Waals surface area contributed by atoms with Crippen LogP contribution in [0.15, 0.2) is 31.8 Å². The summed E-state index contributed by atoms with van der Waals surface area (Å²) < 4.78 is 35.7. The van der Waals surface area contributed by atoms with Gasteiger partial charge >= 0.3 is 0 Å². The third kappa shape index (κ3) is 2.90. The van der Waals surface area contributed by atoms with E-state index in [1.54, 1.807) is 23.1 Å². The highest BCUT2D eigenvalue weighted by molar-refractivity contribution is 7.89. The molecule has 10 heteroatoms. The summed E-state index contributed by atoms with van der Waals surface area (Å²) in [5.74, 6) is -0.0437. The van der Waals surface area contributed by atoms with Gasteiger partial charge in [0.1, 0.15) is 16.3 Å². The minimum absolute atomic E-state index is 0.0437. The van der Waals surface area contributed by atoms with E-state index in [2.05, 4.69) is 8.73 Å². The SMILES string of the molecule is NC1(C(=O)N2CCN(S(=O)(=O)c3cccc4c3N=S=N4)CC2)CCCC1. The van der Waals surface area contributed by atoms with Crippen molar-refractivity contribution in [2.45, 2.75) is 36.1 Å². The number of amides is 1. The molecule has 0 spiro atoms. The van der Waals surface area contributed by atoms with Crippen LogP contribution in [0.25, 0.3) is 0 Å². The molecule has 1 aromatic carbocycles. The van der Waals surface area contributed by atoms with Crippen LogP contribution in [0, 0.1) is 0 Å². The first-order valence-electron chi connectivity index (χ1n) is 8.71. The highest BCUT2D eigenvalue weighted by atomic mass is 32.2. The van der Waals surface area contributed by atoms with Gasteiger partial charge in [0.15, 0.2) is 0 Å². The van der Waals surface area contributed by atoms with Gasteiger partial charge < -0.3 is 10.6 Å². The van der Waals surface area contributed by atoms with Crippen molar-refractivity contribution in [2.75, 3.05) is 26.2 Å². The Labute approximate surface area is 156 Å². The van der Waals surface area contributed by atoms with Crippen molar-refractivity contribution in [1.29, 1.82) is 0 Å². The Bertz CT molecular complexity index is 910. The minimum Gasteiger partial charge on any atom is -0.338 e. The Morgan fingerprint density at radius 3 is 2.50 bits per heavy atom. The van der Waals surface area contributed by atoms with Gasteiger partial charge in [-0.2, -0.15) is 13.0 Å². The minimum atomic E-state index is -3.67. The number of carbonyl (C=O) groups excluding carboxylic acids is 1. The van der Waals surface area contributed by atoms with Gasteiger partial charge in [0, 0.05) is 26.2 Å². The summed E-state index contributed by atoms with van der Waals surface area (Å²) >= 11 is 0.998. The second-order valence-electron chi connectivity index (χ2n) is 6.95. The molecule has 140 valence electrons. The maximum atomic E-state index is 13.0. The highest BCUT2D eigenvalue weighted by Crippen LogP contribution is 2.38. The first-order valence-corrected chi connectivity index (χ1v) is 10.9. The van der Waals surface area contributed by atoms with E-state index < -0.39 is 15.6 Å². The average Bonchev–Trinajstić information content (AvgIpc) is 3.30. The predicted octanol–water partition coefficient (Wildman–Crippen LogP) is 1.52. The van der Waals surface area contributed by atoms with E-state index in [1.165, 1.54) is 4.31 Å². The Balaban J connectivity index is 1.49. The lowest BCUT2D eigenvalue weighted by molar-refractivity contribution is -0.138. The van der Waals surface area contributed by atoms with Crippen LogP contribution in [0.1, 0.15) is 25.7 Å². The molecule has 1 aromatic rings. The maximum absolute atomic E-state index is 13.0. The zero-order valence-corrected chi connectivity index (χ0v) is 15.9. The molecule has 8 nitrogen and oxygen atoms in total. The van der Waals surface area contributed by atoms with Gasteiger partial charge in [0.2, 0.25) is 15.9 Å². The predicted molar refractivity (Wildman–Crippen MR) is 98.7 cm³/mol. The van der Waals surface area contributed by atoms with Crippen LogP contribution in [-0.2, 0) is 26.2 Å². The number of piperazine rings is 1. The molecule has 0 unspecified atom stereocenters. The van der Waals surface area contributed by atoms with Gasteiger partial charge in [0.25, 0.3) is 0 Å². The molecule has 1 aliphatic carbocycles. The summed E-state index contributed by atoms with van der Waals surface area (Å²) in [4.78, 5) is 14.6. The number of nitrogens with zero attached hydrogens (tertiary/aromatic N) is 4. The van der Waals surface area contributed by atoms with Crippen LogP contribution in [0.3, 0.4) is 0 Å². The van der Waals surface area contributed by atoms with Crippen molar-refractivity contribution in [3.05, 3.63) is 18.2 Å². The molecule has 26 heavy (non-hydrogen) atoms. The molecule has 1 saturated heterocycles. The number of benzene rings is 1. The van der Waals surface area contributed by atoms with Gasteiger partial charge in [0.05, 0.1) is 16.9 Å². The van der Waals surface area contributed by atoms with E-state index in [4.69, 9.17) is 5.73 Å². The average molecular weight is 396 g/mol. The van der Waals surface area contributed by atoms with Crippen LogP contribution < -0.4 is 5.73 Å². The van der Waals surface area contributed by atoms with Gasteiger partial charge in [-0.1, -0.05) is 18.9 Å². The molecule has 3 aliphatic rings. The largest absolute Gasteiger partial charge is 0.338 e. The molecular formula is C16H21N5O3S2. The fraction of sp³-hybridized carbons (Fsp3) is 0.562. The summed E-state index contributed by atoms with van der Waals surface area (Å²) in [6.07, 6.45) is 3.37. The number of hydrogen-bond acceptors (Lipinski definition) is 6. The lowest BCUT2D eigenvalue weighted by Gasteiger charge is -2.37. The highest BCUT2D eigenvalue weighted by Gasteiger charge is 2.41. The molecule has 2 aliphatic heterocycles. The summed E-state index contributed by atoms with van der Waals surface area (Å²) in [7, 11) is -3.67. The first kappa shape index (κ1) is 17.8.